The Hall–Kier alpha value is -1.28. The molecule has 0 aliphatic heterocycles. The van der Waals surface area contributed by atoms with Gasteiger partial charge in [0.2, 0.25) is 0 Å². The summed E-state index contributed by atoms with van der Waals surface area (Å²) in [5, 5.41) is 11.9. The van der Waals surface area contributed by atoms with Gasteiger partial charge in [-0.25, -0.2) is 0 Å². The minimum atomic E-state index is -2.42. The molecule has 102 valence electrons. The van der Waals surface area contributed by atoms with E-state index in [1.165, 1.54) is 11.3 Å². The molecule has 1 heterocycles. The zero-order valence-corrected chi connectivity index (χ0v) is 11.3. The highest BCUT2D eigenvalue weighted by Gasteiger charge is 2.14. The van der Waals surface area contributed by atoms with Crippen molar-refractivity contribution >= 4 is 34.2 Å². The molecule has 0 saturated heterocycles. The molecule has 0 saturated carbocycles. The highest BCUT2D eigenvalue weighted by atomic mass is 32.2. The van der Waals surface area contributed by atoms with E-state index in [1.54, 1.807) is 6.07 Å². The minimum absolute atomic E-state index is 0.0514. The van der Waals surface area contributed by atoms with Gasteiger partial charge < -0.3 is 10.4 Å². The largest absolute Gasteiger partial charge is 0.389 e. The number of aliphatic hydroxyl groups excluding tert-OH is 1. The van der Waals surface area contributed by atoms with Gasteiger partial charge in [0.05, 0.1) is 17.6 Å². The van der Waals surface area contributed by atoms with Crippen molar-refractivity contribution in [1.29, 1.82) is 0 Å². The monoisotopic (exact) mass is 301 g/mol. The van der Waals surface area contributed by atoms with E-state index < -0.39 is 17.5 Å². The molecule has 1 aliphatic rings. The van der Waals surface area contributed by atoms with E-state index in [0.717, 1.165) is 10.5 Å². The Labute approximate surface area is 115 Å². The average Bonchev–Trinajstić information content (AvgIpc) is 3.11. The summed E-state index contributed by atoms with van der Waals surface area (Å²) in [7, 11) is 0. The van der Waals surface area contributed by atoms with Crippen LogP contribution < -0.4 is 5.32 Å². The maximum absolute atomic E-state index is 11.7. The number of allylic oxidation sites excluding steroid dienone is 1. The quantitative estimate of drug-likeness (QED) is 0.505. The lowest BCUT2D eigenvalue weighted by Gasteiger charge is -2.09. The normalized spacial score (nSPS) is 15.8. The van der Waals surface area contributed by atoms with E-state index in [-0.39, 0.29) is 19.1 Å². The molecular formula is C11H11NO5S2. The third-order valence-corrected chi connectivity index (χ3v) is 3.70. The molecule has 1 aromatic rings. The molecule has 6 nitrogen and oxygen atoms in total. The molecule has 0 bridgehead atoms. The SMILES string of the molecule is O=C(NCC(O)COS(=O)O)c1ccc(C2=C=C2)s1. The number of thiophene rings is 1. The molecule has 0 fully saturated rings. The summed E-state index contributed by atoms with van der Waals surface area (Å²) < 4.78 is 22.9. The van der Waals surface area contributed by atoms with E-state index in [4.69, 9.17) is 4.55 Å². The molecule has 1 amide bonds. The zero-order chi connectivity index (χ0) is 13.8. The Morgan fingerprint density at radius 2 is 2.32 bits per heavy atom. The van der Waals surface area contributed by atoms with E-state index in [2.05, 4.69) is 15.2 Å². The van der Waals surface area contributed by atoms with Crippen LogP contribution in [-0.2, 0) is 15.5 Å². The summed E-state index contributed by atoms with van der Waals surface area (Å²) in [6.45, 7) is -0.375. The predicted octanol–water partition coefficient (Wildman–Crippen LogP) is 0.544. The van der Waals surface area contributed by atoms with Gasteiger partial charge >= 0.3 is 11.4 Å². The van der Waals surface area contributed by atoms with Crippen LogP contribution >= 0.6 is 11.3 Å². The van der Waals surface area contributed by atoms with Crippen LogP contribution in [0.2, 0.25) is 0 Å². The predicted molar refractivity (Wildman–Crippen MR) is 70.9 cm³/mol. The molecule has 1 aliphatic carbocycles. The first-order valence-electron chi connectivity index (χ1n) is 5.33. The van der Waals surface area contributed by atoms with Crippen molar-refractivity contribution in [2.24, 2.45) is 0 Å². The van der Waals surface area contributed by atoms with Crippen molar-refractivity contribution in [2.75, 3.05) is 13.2 Å². The molecule has 2 rings (SSSR count). The first-order chi connectivity index (χ1) is 9.06. The first-order valence-corrected chi connectivity index (χ1v) is 7.18. The van der Waals surface area contributed by atoms with Crippen LogP contribution in [-0.4, -0.2) is 39.0 Å². The Kier molecular flexibility index (Phi) is 4.65. The van der Waals surface area contributed by atoms with Crippen LogP contribution in [0, 0.1) is 0 Å². The maximum atomic E-state index is 11.7. The summed E-state index contributed by atoms with van der Waals surface area (Å²) in [6.07, 6.45) is 0.802. The molecule has 1 aromatic heterocycles. The standard InChI is InChI=1S/C11H11NO5S2/c13-8(6-17-19(15)16)5-12-11(14)10-4-3-9(18-10)7-1-2-7/h1,3-4,8,13H,5-6H2,(H,12,14)(H,15,16). The number of hydrogen-bond donors (Lipinski definition) is 3. The van der Waals surface area contributed by atoms with E-state index in [9.17, 15) is 14.1 Å². The maximum Gasteiger partial charge on any atom is 0.301 e. The number of carbonyl (C=O) groups excluding carboxylic acids is 1. The average molecular weight is 301 g/mol. The van der Waals surface area contributed by atoms with Crippen molar-refractivity contribution < 1.29 is 22.8 Å². The first kappa shape index (κ1) is 14.1. The second-order valence-corrected chi connectivity index (χ2v) is 5.49. The topological polar surface area (TPSA) is 95.9 Å². The Morgan fingerprint density at radius 1 is 1.58 bits per heavy atom. The Bertz CT molecular complexity index is 573. The fourth-order valence-corrected chi connectivity index (χ4v) is 2.45. The third-order valence-electron chi connectivity index (χ3n) is 2.24. The van der Waals surface area contributed by atoms with Gasteiger partial charge in [-0.1, -0.05) is 0 Å². The molecule has 0 aromatic carbocycles. The lowest BCUT2D eigenvalue weighted by molar-refractivity contribution is 0.0853. The number of carbonyl (C=O) groups is 1. The van der Waals surface area contributed by atoms with Gasteiger partial charge in [-0.2, -0.15) is 4.21 Å². The highest BCUT2D eigenvalue weighted by molar-refractivity contribution is 7.74. The molecule has 8 heteroatoms. The van der Waals surface area contributed by atoms with E-state index in [1.807, 2.05) is 12.1 Å². The van der Waals surface area contributed by atoms with E-state index in [0.29, 0.717) is 4.88 Å². The summed E-state index contributed by atoms with van der Waals surface area (Å²) in [5.74, 6) is -0.304. The number of amides is 1. The fraction of sp³-hybridized carbons (Fsp3) is 0.273. The van der Waals surface area contributed by atoms with Crippen LogP contribution in [0.4, 0.5) is 0 Å². The number of aliphatic hydroxyl groups is 1. The van der Waals surface area contributed by atoms with Crippen LogP contribution in [0.5, 0.6) is 0 Å². The van der Waals surface area contributed by atoms with Gasteiger partial charge in [-0.3, -0.25) is 13.5 Å². The minimum Gasteiger partial charge on any atom is -0.389 e. The number of rotatable bonds is 7. The lowest BCUT2D eigenvalue weighted by atomic mass is 10.3. The third kappa shape index (κ3) is 4.39. The Morgan fingerprint density at radius 3 is 2.95 bits per heavy atom. The number of nitrogens with one attached hydrogen (secondary N) is 1. The second kappa shape index (κ2) is 6.25. The molecule has 3 N–H and O–H groups in total. The molecular weight excluding hydrogens is 290 g/mol. The summed E-state index contributed by atoms with van der Waals surface area (Å²) in [5.41, 5.74) is 3.94. The summed E-state index contributed by atoms with van der Waals surface area (Å²) >= 11 is -1.08. The summed E-state index contributed by atoms with van der Waals surface area (Å²) in [4.78, 5) is 13.2. The van der Waals surface area contributed by atoms with Gasteiger partial charge in [0.1, 0.15) is 0 Å². The van der Waals surface area contributed by atoms with Crippen LogP contribution in [0.1, 0.15) is 14.5 Å². The van der Waals surface area contributed by atoms with Crippen molar-refractivity contribution in [1.82, 2.24) is 5.32 Å². The van der Waals surface area contributed by atoms with Gasteiger partial charge in [0.25, 0.3) is 5.91 Å². The van der Waals surface area contributed by atoms with E-state index >= 15 is 0 Å². The molecule has 2 unspecified atom stereocenters. The van der Waals surface area contributed by atoms with Gasteiger partial charge in [-0.15, -0.1) is 17.1 Å². The molecule has 19 heavy (non-hydrogen) atoms. The van der Waals surface area contributed by atoms with Crippen molar-refractivity contribution in [3.05, 3.63) is 33.7 Å². The highest BCUT2D eigenvalue weighted by Crippen LogP contribution is 2.29. The van der Waals surface area contributed by atoms with Crippen molar-refractivity contribution in [3.8, 4) is 0 Å². The van der Waals surface area contributed by atoms with Gasteiger partial charge in [0.15, 0.2) is 0 Å². The zero-order valence-electron chi connectivity index (χ0n) is 9.66. The molecule has 0 spiro atoms. The fourth-order valence-electron chi connectivity index (χ4n) is 1.28. The van der Waals surface area contributed by atoms with Crippen LogP contribution in [0.3, 0.4) is 0 Å². The van der Waals surface area contributed by atoms with Crippen molar-refractivity contribution in [3.63, 3.8) is 0 Å². The van der Waals surface area contributed by atoms with Crippen molar-refractivity contribution in [2.45, 2.75) is 6.10 Å². The van der Waals surface area contributed by atoms with Gasteiger partial charge in [0, 0.05) is 17.0 Å². The van der Waals surface area contributed by atoms with Crippen LogP contribution in [0.15, 0.2) is 23.9 Å². The number of hydrogen-bond acceptors (Lipinski definition) is 5. The Balaban J connectivity index is 1.76. The molecule has 0 radical (unpaired) electrons. The van der Waals surface area contributed by atoms with Gasteiger partial charge in [-0.05, 0) is 18.2 Å². The molecule has 2 atom stereocenters. The lowest BCUT2D eigenvalue weighted by Crippen LogP contribution is -2.34. The summed E-state index contributed by atoms with van der Waals surface area (Å²) in [6, 6.07) is 3.53. The van der Waals surface area contributed by atoms with Crippen LogP contribution in [0.25, 0.3) is 5.57 Å². The smallest absolute Gasteiger partial charge is 0.301 e. The second-order valence-electron chi connectivity index (χ2n) is 3.73.